The molecule has 1 heterocycles. The number of amides is 1. The van der Waals surface area contributed by atoms with Crippen molar-refractivity contribution in [2.45, 2.75) is 32.2 Å². The number of hydrogen-bond donors (Lipinski definition) is 2. The standard InChI is InChI=1S/C15H22N2O.ClH/c1-11(17-14(18)12-9-16-10-12)15(2,3)13-7-5-4-6-8-13;/h4-8,11-12,16H,9-10H2,1-3H3,(H,17,18);1H. The van der Waals surface area contributed by atoms with Gasteiger partial charge in [-0.05, 0) is 12.5 Å². The van der Waals surface area contributed by atoms with E-state index in [0.717, 1.165) is 13.1 Å². The van der Waals surface area contributed by atoms with Gasteiger partial charge in [0.2, 0.25) is 5.91 Å². The van der Waals surface area contributed by atoms with Gasteiger partial charge in [0.1, 0.15) is 0 Å². The monoisotopic (exact) mass is 282 g/mol. The Balaban J connectivity index is 0.00000180. The first-order chi connectivity index (χ1) is 8.51. The Kier molecular flexibility index (Phi) is 5.39. The van der Waals surface area contributed by atoms with Gasteiger partial charge in [-0.15, -0.1) is 12.4 Å². The average Bonchev–Trinajstić information content (AvgIpc) is 2.27. The fraction of sp³-hybridized carbons (Fsp3) is 0.533. The fourth-order valence-corrected chi connectivity index (χ4v) is 2.10. The Hall–Kier alpha value is -1.06. The SMILES string of the molecule is CC(NC(=O)C1CNC1)C(C)(C)c1ccccc1.Cl. The molecular formula is C15H23ClN2O. The largest absolute Gasteiger partial charge is 0.352 e. The molecule has 1 aromatic carbocycles. The highest BCUT2D eigenvalue weighted by Gasteiger charge is 2.32. The summed E-state index contributed by atoms with van der Waals surface area (Å²) in [6, 6.07) is 10.5. The molecule has 106 valence electrons. The van der Waals surface area contributed by atoms with Gasteiger partial charge in [-0.3, -0.25) is 4.79 Å². The molecule has 1 atom stereocenters. The predicted molar refractivity (Wildman–Crippen MR) is 80.7 cm³/mol. The smallest absolute Gasteiger partial charge is 0.225 e. The molecule has 2 rings (SSSR count). The predicted octanol–water partition coefficient (Wildman–Crippen LogP) is 2.11. The van der Waals surface area contributed by atoms with Crippen LogP contribution in [-0.4, -0.2) is 25.0 Å². The minimum absolute atomic E-state index is 0. The Morgan fingerprint density at radius 3 is 2.37 bits per heavy atom. The van der Waals surface area contributed by atoms with Crippen LogP contribution >= 0.6 is 12.4 Å². The molecule has 0 spiro atoms. The lowest BCUT2D eigenvalue weighted by molar-refractivity contribution is -0.127. The second-order valence-corrected chi connectivity index (χ2v) is 5.67. The van der Waals surface area contributed by atoms with Gasteiger partial charge in [-0.1, -0.05) is 44.2 Å². The number of hydrogen-bond acceptors (Lipinski definition) is 2. The van der Waals surface area contributed by atoms with Crippen molar-refractivity contribution in [1.82, 2.24) is 10.6 Å². The molecule has 1 saturated heterocycles. The zero-order valence-electron chi connectivity index (χ0n) is 11.8. The van der Waals surface area contributed by atoms with Crippen LogP contribution in [0.25, 0.3) is 0 Å². The van der Waals surface area contributed by atoms with E-state index >= 15 is 0 Å². The summed E-state index contributed by atoms with van der Waals surface area (Å²) in [6.07, 6.45) is 0. The summed E-state index contributed by atoms with van der Waals surface area (Å²) in [6.45, 7) is 8.05. The molecule has 0 aliphatic carbocycles. The third-order valence-corrected chi connectivity index (χ3v) is 4.11. The van der Waals surface area contributed by atoms with E-state index in [0.29, 0.717) is 0 Å². The van der Waals surface area contributed by atoms with Gasteiger partial charge in [0.05, 0.1) is 5.92 Å². The van der Waals surface area contributed by atoms with Crippen LogP contribution in [0.4, 0.5) is 0 Å². The maximum atomic E-state index is 12.0. The van der Waals surface area contributed by atoms with Crippen LogP contribution in [-0.2, 0) is 10.2 Å². The maximum Gasteiger partial charge on any atom is 0.225 e. The lowest BCUT2D eigenvalue weighted by atomic mass is 9.78. The molecule has 0 saturated carbocycles. The van der Waals surface area contributed by atoms with E-state index in [-0.39, 0.29) is 35.7 Å². The van der Waals surface area contributed by atoms with Crippen molar-refractivity contribution >= 4 is 18.3 Å². The Labute approximate surface area is 121 Å². The first-order valence-corrected chi connectivity index (χ1v) is 6.58. The maximum absolute atomic E-state index is 12.0. The van der Waals surface area contributed by atoms with E-state index in [1.807, 2.05) is 18.2 Å². The number of nitrogens with one attached hydrogen (secondary N) is 2. The van der Waals surface area contributed by atoms with Crippen molar-refractivity contribution < 1.29 is 4.79 Å². The highest BCUT2D eigenvalue weighted by molar-refractivity contribution is 5.85. The minimum atomic E-state index is -0.0614. The van der Waals surface area contributed by atoms with E-state index in [2.05, 4.69) is 43.5 Å². The van der Waals surface area contributed by atoms with Crippen LogP contribution in [0, 0.1) is 5.92 Å². The number of carbonyl (C=O) groups excluding carboxylic acids is 1. The Bertz CT molecular complexity index is 415. The van der Waals surface area contributed by atoms with Crippen LogP contribution in [0.5, 0.6) is 0 Å². The van der Waals surface area contributed by atoms with E-state index in [4.69, 9.17) is 0 Å². The lowest BCUT2D eigenvalue weighted by Crippen LogP contribution is -2.55. The molecule has 4 heteroatoms. The molecule has 1 aliphatic heterocycles. The zero-order chi connectivity index (χ0) is 13.2. The molecule has 3 nitrogen and oxygen atoms in total. The molecule has 0 bridgehead atoms. The highest BCUT2D eigenvalue weighted by Crippen LogP contribution is 2.27. The molecule has 1 unspecified atom stereocenters. The topological polar surface area (TPSA) is 41.1 Å². The number of carbonyl (C=O) groups is 1. The average molecular weight is 283 g/mol. The number of benzene rings is 1. The summed E-state index contributed by atoms with van der Waals surface area (Å²) in [5.41, 5.74) is 1.19. The Morgan fingerprint density at radius 2 is 1.89 bits per heavy atom. The van der Waals surface area contributed by atoms with Crippen molar-refractivity contribution in [2.75, 3.05) is 13.1 Å². The van der Waals surface area contributed by atoms with Crippen molar-refractivity contribution in [3.63, 3.8) is 0 Å². The molecule has 19 heavy (non-hydrogen) atoms. The van der Waals surface area contributed by atoms with Crippen molar-refractivity contribution in [2.24, 2.45) is 5.92 Å². The van der Waals surface area contributed by atoms with Gasteiger partial charge >= 0.3 is 0 Å². The van der Waals surface area contributed by atoms with Crippen molar-refractivity contribution in [3.8, 4) is 0 Å². The summed E-state index contributed by atoms with van der Waals surface area (Å²) in [4.78, 5) is 12.0. The first-order valence-electron chi connectivity index (χ1n) is 6.58. The molecule has 1 fully saturated rings. The molecule has 1 amide bonds. The first kappa shape index (κ1) is 16.0. The van der Waals surface area contributed by atoms with Gasteiger partial charge in [-0.25, -0.2) is 0 Å². The Morgan fingerprint density at radius 1 is 1.32 bits per heavy atom. The van der Waals surface area contributed by atoms with Gasteiger partial charge in [0.15, 0.2) is 0 Å². The van der Waals surface area contributed by atoms with E-state index in [1.54, 1.807) is 0 Å². The quantitative estimate of drug-likeness (QED) is 0.888. The number of rotatable bonds is 4. The van der Waals surface area contributed by atoms with Gasteiger partial charge in [-0.2, -0.15) is 0 Å². The van der Waals surface area contributed by atoms with E-state index in [1.165, 1.54) is 5.56 Å². The second kappa shape index (κ2) is 6.40. The van der Waals surface area contributed by atoms with Crippen LogP contribution in [0.3, 0.4) is 0 Å². The van der Waals surface area contributed by atoms with Crippen LogP contribution in [0.15, 0.2) is 30.3 Å². The lowest BCUT2D eigenvalue weighted by Gasteiger charge is -2.35. The van der Waals surface area contributed by atoms with Crippen molar-refractivity contribution in [1.29, 1.82) is 0 Å². The molecular weight excluding hydrogens is 260 g/mol. The molecule has 1 aliphatic rings. The van der Waals surface area contributed by atoms with E-state index in [9.17, 15) is 4.79 Å². The third kappa shape index (κ3) is 3.48. The van der Waals surface area contributed by atoms with Crippen LogP contribution in [0.1, 0.15) is 26.3 Å². The normalized spacial score (nSPS) is 17.0. The summed E-state index contributed by atoms with van der Waals surface area (Å²) in [5, 5.41) is 6.27. The number of halogens is 1. The van der Waals surface area contributed by atoms with E-state index < -0.39 is 0 Å². The van der Waals surface area contributed by atoms with Gasteiger partial charge in [0.25, 0.3) is 0 Å². The fourth-order valence-electron chi connectivity index (χ4n) is 2.10. The minimum Gasteiger partial charge on any atom is -0.352 e. The third-order valence-electron chi connectivity index (χ3n) is 4.11. The molecule has 1 aromatic rings. The van der Waals surface area contributed by atoms with Crippen molar-refractivity contribution in [3.05, 3.63) is 35.9 Å². The van der Waals surface area contributed by atoms with Gasteiger partial charge < -0.3 is 10.6 Å². The van der Waals surface area contributed by atoms with Gasteiger partial charge in [0, 0.05) is 24.5 Å². The summed E-state index contributed by atoms with van der Waals surface area (Å²) < 4.78 is 0. The molecule has 0 aromatic heterocycles. The van der Waals surface area contributed by atoms with Crippen LogP contribution < -0.4 is 10.6 Å². The summed E-state index contributed by atoms with van der Waals surface area (Å²) in [7, 11) is 0. The summed E-state index contributed by atoms with van der Waals surface area (Å²) >= 11 is 0. The second-order valence-electron chi connectivity index (χ2n) is 5.67. The molecule has 0 radical (unpaired) electrons. The summed E-state index contributed by atoms with van der Waals surface area (Å²) in [5.74, 6) is 0.323. The zero-order valence-corrected chi connectivity index (χ0v) is 12.6. The molecule has 2 N–H and O–H groups in total. The van der Waals surface area contributed by atoms with Crippen LogP contribution in [0.2, 0.25) is 0 Å². The highest BCUT2D eigenvalue weighted by atomic mass is 35.5.